The third-order valence-corrected chi connectivity index (χ3v) is 4.47. The van der Waals surface area contributed by atoms with Crippen molar-refractivity contribution in [3.8, 4) is 0 Å². The van der Waals surface area contributed by atoms with Gasteiger partial charge in [-0.25, -0.2) is 0 Å². The molecule has 0 aromatic rings. The largest absolute Gasteiger partial charge is 0.347 e. The first-order chi connectivity index (χ1) is 10.1. The highest BCUT2D eigenvalue weighted by Crippen LogP contribution is 2.23. The number of amides is 3. The summed E-state index contributed by atoms with van der Waals surface area (Å²) in [5.74, 6) is 0.0987. The third kappa shape index (κ3) is 4.44. The summed E-state index contributed by atoms with van der Waals surface area (Å²) >= 11 is 0. The van der Waals surface area contributed by atoms with E-state index in [0.717, 1.165) is 25.7 Å². The molecule has 3 amide bonds. The fraction of sp³-hybridized carbons (Fsp3) is 0.800. The average Bonchev–Trinajstić information content (AvgIpc) is 2.53. The lowest BCUT2D eigenvalue weighted by atomic mass is 9.89. The smallest absolute Gasteiger partial charge is 0.242 e. The summed E-state index contributed by atoms with van der Waals surface area (Å²) < 4.78 is 0. The summed E-state index contributed by atoms with van der Waals surface area (Å²) in [7, 11) is 0. The highest BCUT2D eigenvalue weighted by Gasteiger charge is 2.24. The van der Waals surface area contributed by atoms with E-state index in [0.29, 0.717) is 26.2 Å². The first-order valence-corrected chi connectivity index (χ1v) is 7.89. The summed E-state index contributed by atoms with van der Waals surface area (Å²) in [6.45, 7) is 3.89. The lowest BCUT2D eigenvalue weighted by Gasteiger charge is -2.34. The topological polar surface area (TPSA) is 69.7 Å². The molecule has 1 saturated heterocycles. The molecular weight excluding hydrogens is 270 g/mol. The third-order valence-electron chi connectivity index (χ3n) is 4.47. The minimum Gasteiger partial charge on any atom is -0.347 e. The van der Waals surface area contributed by atoms with Crippen LogP contribution in [0.1, 0.15) is 39.0 Å². The monoisotopic (exact) mass is 295 g/mol. The van der Waals surface area contributed by atoms with Gasteiger partial charge in [0.25, 0.3) is 0 Å². The number of rotatable bonds is 3. The molecule has 2 rings (SSSR count). The molecule has 1 aliphatic heterocycles. The van der Waals surface area contributed by atoms with Gasteiger partial charge < -0.3 is 15.1 Å². The highest BCUT2D eigenvalue weighted by atomic mass is 16.2. The maximum atomic E-state index is 12.1. The molecule has 0 aromatic carbocycles. The van der Waals surface area contributed by atoms with Gasteiger partial charge in [0.15, 0.2) is 0 Å². The highest BCUT2D eigenvalue weighted by molar-refractivity contribution is 5.86. The van der Waals surface area contributed by atoms with Gasteiger partial charge in [0.05, 0.1) is 6.54 Å². The van der Waals surface area contributed by atoms with Gasteiger partial charge in [0, 0.05) is 39.0 Å². The summed E-state index contributed by atoms with van der Waals surface area (Å²) in [4.78, 5) is 38.8. The second-order valence-corrected chi connectivity index (χ2v) is 5.94. The second kappa shape index (κ2) is 7.43. The molecule has 2 fully saturated rings. The van der Waals surface area contributed by atoms with Gasteiger partial charge in [-0.2, -0.15) is 0 Å². The van der Waals surface area contributed by atoms with Gasteiger partial charge in [0.1, 0.15) is 0 Å². The molecule has 1 aliphatic carbocycles. The van der Waals surface area contributed by atoms with E-state index in [4.69, 9.17) is 0 Å². The van der Waals surface area contributed by atoms with Crippen LogP contribution in [0.3, 0.4) is 0 Å². The standard InChI is InChI=1S/C15H25N3O3/c1-12(19)17-7-9-18(10-8-17)14(20)11-16-15(21)13-5-3-2-4-6-13/h13H,2-11H2,1H3,(H,16,21). The number of carbonyl (C=O) groups is 3. The molecule has 118 valence electrons. The molecule has 1 saturated carbocycles. The van der Waals surface area contributed by atoms with Gasteiger partial charge in [0.2, 0.25) is 17.7 Å². The first-order valence-electron chi connectivity index (χ1n) is 7.89. The van der Waals surface area contributed by atoms with Gasteiger partial charge in [-0.15, -0.1) is 0 Å². The van der Waals surface area contributed by atoms with Gasteiger partial charge in [-0.3, -0.25) is 14.4 Å². The maximum Gasteiger partial charge on any atom is 0.242 e. The fourth-order valence-corrected chi connectivity index (χ4v) is 3.05. The van der Waals surface area contributed by atoms with Crippen molar-refractivity contribution in [2.45, 2.75) is 39.0 Å². The van der Waals surface area contributed by atoms with E-state index >= 15 is 0 Å². The quantitative estimate of drug-likeness (QED) is 0.818. The molecule has 0 unspecified atom stereocenters. The molecule has 1 heterocycles. The van der Waals surface area contributed by atoms with E-state index in [2.05, 4.69) is 5.32 Å². The van der Waals surface area contributed by atoms with Crippen molar-refractivity contribution in [2.75, 3.05) is 32.7 Å². The van der Waals surface area contributed by atoms with Crippen molar-refractivity contribution >= 4 is 17.7 Å². The Bertz CT molecular complexity index is 397. The van der Waals surface area contributed by atoms with Gasteiger partial charge in [-0.1, -0.05) is 19.3 Å². The number of piperazine rings is 1. The summed E-state index contributed by atoms with van der Waals surface area (Å²) in [5.41, 5.74) is 0. The lowest BCUT2D eigenvalue weighted by molar-refractivity contribution is -0.139. The van der Waals surface area contributed by atoms with Crippen molar-refractivity contribution in [2.24, 2.45) is 5.92 Å². The molecule has 6 heteroatoms. The Kier molecular flexibility index (Phi) is 5.59. The molecule has 0 aromatic heterocycles. The number of nitrogens with one attached hydrogen (secondary N) is 1. The van der Waals surface area contributed by atoms with Crippen LogP contribution in [0.5, 0.6) is 0 Å². The SMILES string of the molecule is CC(=O)N1CCN(C(=O)CNC(=O)C2CCCCC2)CC1. The van der Waals surface area contributed by atoms with Crippen LogP contribution in [0.4, 0.5) is 0 Å². The van der Waals surface area contributed by atoms with Crippen LogP contribution >= 0.6 is 0 Å². The molecule has 0 spiro atoms. The van der Waals surface area contributed by atoms with E-state index in [1.807, 2.05) is 0 Å². The summed E-state index contributed by atoms with van der Waals surface area (Å²) in [6, 6.07) is 0. The van der Waals surface area contributed by atoms with E-state index in [9.17, 15) is 14.4 Å². The maximum absolute atomic E-state index is 12.1. The number of hydrogen-bond donors (Lipinski definition) is 1. The van der Waals surface area contributed by atoms with Crippen molar-refractivity contribution in [3.05, 3.63) is 0 Å². The van der Waals surface area contributed by atoms with Crippen molar-refractivity contribution in [1.82, 2.24) is 15.1 Å². The van der Waals surface area contributed by atoms with E-state index in [1.54, 1.807) is 16.7 Å². The molecular formula is C15H25N3O3. The molecule has 0 atom stereocenters. The summed E-state index contributed by atoms with van der Waals surface area (Å²) in [5, 5.41) is 2.77. The van der Waals surface area contributed by atoms with Crippen LogP contribution in [-0.2, 0) is 14.4 Å². The van der Waals surface area contributed by atoms with Crippen molar-refractivity contribution in [3.63, 3.8) is 0 Å². The lowest BCUT2D eigenvalue weighted by Crippen LogP contribution is -2.52. The molecule has 0 radical (unpaired) electrons. The Morgan fingerprint density at radius 3 is 2.10 bits per heavy atom. The van der Waals surface area contributed by atoms with Crippen molar-refractivity contribution in [1.29, 1.82) is 0 Å². The van der Waals surface area contributed by atoms with Gasteiger partial charge in [-0.05, 0) is 12.8 Å². The Balaban J connectivity index is 1.70. The first kappa shape index (κ1) is 15.8. The Hall–Kier alpha value is -1.59. The Morgan fingerprint density at radius 2 is 1.52 bits per heavy atom. The molecule has 0 bridgehead atoms. The predicted molar refractivity (Wildman–Crippen MR) is 78.4 cm³/mol. The number of carbonyl (C=O) groups excluding carboxylic acids is 3. The zero-order valence-electron chi connectivity index (χ0n) is 12.8. The van der Waals surface area contributed by atoms with Crippen LogP contribution in [0.25, 0.3) is 0 Å². The van der Waals surface area contributed by atoms with E-state index < -0.39 is 0 Å². The minimum absolute atomic E-state index is 0.0189. The van der Waals surface area contributed by atoms with Crippen LogP contribution in [0.2, 0.25) is 0 Å². The normalized spacial score (nSPS) is 20.2. The molecule has 1 N–H and O–H groups in total. The Labute approximate surface area is 125 Å². The molecule has 6 nitrogen and oxygen atoms in total. The predicted octanol–water partition coefficient (Wildman–Crippen LogP) is 0.374. The zero-order chi connectivity index (χ0) is 15.2. The van der Waals surface area contributed by atoms with Crippen LogP contribution < -0.4 is 5.32 Å². The van der Waals surface area contributed by atoms with Crippen LogP contribution in [0, 0.1) is 5.92 Å². The Morgan fingerprint density at radius 1 is 0.952 bits per heavy atom. The van der Waals surface area contributed by atoms with Crippen LogP contribution in [-0.4, -0.2) is 60.2 Å². The zero-order valence-corrected chi connectivity index (χ0v) is 12.8. The average molecular weight is 295 g/mol. The van der Waals surface area contributed by atoms with Crippen LogP contribution in [0.15, 0.2) is 0 Å². The number of hydrogen-bond acceptors (Lipinski definition) is 3. The molecule has 21 heavy (non-hydrogen) atoms. The van der Waals surface area contributed by atoms with E-state index in [1.165, 1.54) is 6.42 Å². The van der Waals surface area contributed by atoms with E-state index in [-0.39, 0.29) is 30.2 Å². The fourth-order valence-electron chi connectivity index (χ4n) is 3.05. The van der Waals surface area contributed by atoms with Gasteiger partial charge >= 0.3 is 0 Å². The summed E-state index contributed by atoms with van der Waals surface area (Å²) in [6.07, 6.45) is 5.32. The molecule has 2 aliphatic rings. The minimum atomic E-state index is -0.0534. The van der Waals surface area contributed by atoms with Crippen molar-refractivity contribution < 1.29 is 14.4 Å². The number of nitrogens with zero attached hydrogens (tertiary/aromatic N) is 2. The second-order valence-electron chi connectivity index (χ2n) is 5.94.